The zero-order valence-electron chi connectivity index (χ0n) is 22.0. The number of benzene rings is 3. The minimum Gasteiger partial charge on any atom is -0.360 e. The molecule has 8 nitrogen and oxygen atoms in total. The van der Waals surface area contributed by atoms with Crippen LogP contribution >= 0.6 is 0 Å². The van der Waals surface area contributed by atoms with E-state index in [-0.39, 0.29) is 29.0 Å². The van der Waals surface area contributed by atoms with Gasteiger partial charge in [0, 0.05) is 28.6 Å². The lowest BCUT2D eigenvalue weighted by atomic mass is 9.98. The maximum atomic E-state index is 13.0. The number of nitrogens with one attached hydrogen (secondary N) is 2. The van der Waals surface area contributed by atoms with Crippen molar-refractivity contribution in [1.82, 2.24) is 4.98 Å². The third kappa shape index (κ3) is 6.70. The second-order valence-corrected chi connectivity index (χ2v) is 11.3. The quantitative estimate of drug-likeness (QED) is 0.225. The molecule has 1 aliphatic carbocycles. The average molecular weight is 593 g/mol. The Labute approximate surface area is 239 Å². The Bertz CT molecular complexity index is 1790. The van der Waals surface area contributed by atoms with Crippen molar-refractivity contribution in [2.24, 2.45) is 0 Å². The van der Waals surface area contributed by atoms with E-state index in [2.05, 4.69) is 15.6 Å². The lowest BCUT2D eigenvalue weighted by molar-refractivity contribution is -0.137. The number of nitrogens with zero attached hydrogens (tertiary/aromatic N) is 2. The lowest BCUT2D eigenvalue weighted by Gasteiger charge is -2.13. The van der Waals surface area contributed by atoms with E-state index < -0.39 is 27.9 Å². The maximum Gasteiger partial charge on any atom is 0.416 e. The van der Waals surface area contributed by atoms with Gasteiger partial charge in [0.1, 0.15) is 11.6 Å². The molecule has 4 aromatic rings. The van der Waals surface area contributed by atoms with Crippen LogP contribution in [0.2, 0.25) is 0 Å². The molecule has 214 valence electrons. The van der Waals surface area contributed by atoms with E-state index in [1.54, 1.807) is 30.3 Å². The van der Waals surface area contributed by atoms with Crippen LogP contribution in [0.4, 0.5) is 29.3 Å². The molecule has 0 bridgehead atoms. The molecule has 0 radical (unpaired) electrons. The van der Waals surface area contributed by atoms with Gasteiger partial charge in [-0.05, 0) is 59.9 Å². The number of alkyl halides is 3. The average Bonchev–Trinajstić information content (AvgIpc) is 3.74. The van der Waals surface area contributed by atoms with Crippen molar-refractivity contribution in [2.45, 2.75) is 24.4 Å². The smallest absolute Gasteiger partial charge is 0.360 e. The standard InChI is InChI=1S/C30H23F3N4O4S/c1-42(39,40)41-28-26(17-34)24(16-27(37-28)25-15-23(25)18-6-3-2-4-7-18)19-10-12-21(13-11-19)35-29(38)36-22-9-5-8-20(14-22)30(31,32)33/h2-14,16,23,25H,15H2,1H3,(H2,35,36,38). The summed E-state index contributed by atoms with van der Waals surface area (Å²) in [4.78, 5) is 16.8. The van der Waals surface area contributed by atoms with Gasteiger partial charge in [0.2, 0.25) is 0 Å². The highest BCUT2D eigenvalue weighted by molar-refractivity contribution is 7.86. The van der Waals surface area contributed by atoms with Crippen LogP contribution in [-0.4, -0.2) is 25.7 Å². The predicted octanol–water partition coefficient (Wildman–Crippen LogP) is 6.89. The van der Waals surface area contributed by atoms with E-state index >= 15 is 0 Å². The molecule has 0 spiro atoms. The molecule has 0 aliphatic heterocycles. The topological polar surface area (TPSA) is 121 Å². The van der Waals surface area contributed by atoms with Gasteiger partial charge in [-0.1, -0.05) is 48.5 Å². The van der Waals surface area contributed by atoms with E-state index in [1.807, 2.05) is 36.4 Å². The lowest BCUT2D eigenvalue weighted by Crippen LogP contribution is -2.19. The summed E-state index contributed by atoms with van der Waals surface area (Å²) in [6.07, 6.45) is -2.88. The van der Waals surface area contributed by atoms with Crippen LogP contribution in [0.3, 0.4) is 0 Å². The van der Waals surface area contributed by atoms with E-state index in [4.69, 9.17) is 4.18 Å². The van der Waals surface area contributed by atoms with E-state index in [0.717, 1.165) is 30.4 Å². The van der Waals surface area contributed by atoms with Gasteiger partial charge >= 0.3 is 22.3 Å². The monoisotopic (exact) mass is 592 g/mol. The molecule has 12 heteroatoms. The summed E-state index contributed by atoms with van der Waals surface area (Å²) in [5, 5.41) is 14.8. The van der Waals surface area contributed by atoms with E-state index in [9.17, 15) is 31.6 Å². The fourth-order valence-corrected chi connectivity index (χ4v) is 5.07. The normalized spacial score (nSPS) is 16.3. The van der Waals surface area contributed by atoms with Crippen LogP contribution in [0.5, 0.6) is 5.88 Å². The molecular weight excluding hydrogens is 569 g/mol. The van der Waals surface area contributed by atoms with Gasteiger partial charge in [0.05, 0.1) is 11.8 Å². The number of nitriles is 1. The summed E-state index contributed by atoms with van der Waals surface area (Å²) < 4.78 is 68.0. The Morgan fingerprint density at radius 3 is 2.29 bits per heavy atom. The molecule has 1 aromatic heterocycles. The predicted molar refractivity (Wildman–Crippen MR) is 150 cm³/mol. The number of hydrogen-bond acceptors (Lipinski definition) is 6. The van der Waals surface area contributed by atoms with Gasteiger partial charge in [-0.3, -0.25) is 0 Å². The van der Waals surface area contributed by atoms with Crippen molar-refractivity contribution in [2.75, 3.05) is 16.9 Å². The summed E-state index contributed by atoms with van der Waals surface area (Å²) in [6.45, 7) is 0. The van der Waals surface area contributed by atoms with Crippen LogP contribution in [0.1, 0.15) is 40.6 Å². The van der Waals surface area contributed by atoms with E-state index in [0.29, 0.717) is 22.5 Å². The van der Waals surface area contributed by atoms with Crippen LogP contribution in [0.25, 0.3) is 11.1 Å². The molecule has 2 N–H and O–H groups in total. The molecule has 2 atom stereocenters. The Morgan fingerprint density at radius 1 is 0.952 bits per heavy atom. The number of hydrogen-bond donors (Lipinski definition) is 2. The van der Waals surface area contributed by atoms with Crippen molar-refractivity contribution in [3.63, 3.8) is 0 Å². The third-order valence-electron chi connectivity index (χ3n) is 6.65. The number of rotatable bonds is 7. The first-order chi connectivity index (χ1) is 19.9. The Balaban J connectivity index is 1.40. The zero-order valence-corrected chi connectivity index (χ0v) is 22.8. The summed E-state index contributed by atoms with van der Waals surface area (Å²) in [5.74, 6) is -0.123. The first-order valence-electron chi connectivity index (χ1n) is 12.7. The number of anilines is 2. The van der Waals surface area contributed by atoms with Gasteiger partial charge in [-0.15, -0.1) is 0 Å². The number of carbonyl (C=O) groups excluding carboxylic acids is 1. The number of amides is 2. The number of urea groups is 1. The summed E-state index contributed by atoms with van der Waals surface area (Å²) >= 11 is 0. The van der Waals surface area contributed by atoms with Gasteiger partial charge in [-0.25, -0.2) is 9.78 Å². The Kier molecular flexibility index (Phi) is 7.62. The van der Waals surface area contributed by atoms with Crippen molar-refractivity contribution in [1.29, 1.82) is 5.26 Å². The van der Waals surface area contributed by atoms with Crippen LogP contribution in [0.15, 0.2) is 84.9 Å². The van der Waals surface area contributed by atoms with Crippen molar-refractivity contribution < 1.29 is 30.6 Å². The first kappa shape index (κ1) is 28.6. The van der Waals surface area contributed by atoms with Crippen molar-refractivity contribution in [3.8, 4) is 23.1 Å². The highest BCUT2D eigenvalue weighted by Crippen LogP contribution is 2.55. The zero-order chi connectivity index (χ0) is 30.1. The van der Waals surface area contributed by atoms with Gasteiger partial charge in [0.15, 0.2) is 0 Å². The van der Waals surface area contributed by atoms with Crippen molar-refractivity contribution >= 4 is 27.5 Å². The molecule has 3 aromatic carbocycles. The number of aromatic nitrogens is 1. The second kappa shape index (κ2) is 11.2. The second-order valence-electron chi connectivity index (χ2n) is 9.77. The van der Waals surface area contributed by atoms with Crippen molar-refractivity contribution in [3.05, 3.63) is 107 Å². The fourth-order valence-electron chi connectivity index (χ4n) is 4.66. The molecule has 5 rings (SSSR count). The Hall–Kier alpha value is -4.89. The summed E-state index contributed by atoms with van der Waals surface area (Å²) in [6, 6.07) is 23.4. The molecular formula is C30H23F3N4O4S. The summed E-state index contributed by atoms with van der Waals surface area (Å²) in [7, 11) is -3.98. The van der Waals surface area contributed by atoms with Crippen LogP contribution in [-0.2, 0) is 16.3 Å². The molecule has 2 amide bonds. The third-order valence-corrected chi connectivity index (χ3v) is 7.11. The SMILES string of the molecule is CS(=O)(=O)Oc1nc(C2CC2c2ccccc2)cc(-c2ccc(NC(=O)Nc3cccc(C(F)(F)F)c3)cc2)c1C#N. The van der Waals surface area contributed by atoms with Gasteiger partial charge < -0.3 is 14.8 Å². The highest BCUT2D eigenvalue weighted by atomic mass is 32.2. The first-order valence-corrected chi connectivity index (χ1v) is 14.5. The van der Waals surface area contributed by atoms with E-state index in [1.165, 1.54) is 12.1 Å². The summed E-state index contributed by atoms with van der Waals surface area (Å²) in [5.41, 5.74) is 1.98. The minimum atomic E-state index is -4.55. The van der Waals surface area contributed by atoms with Gasteiger partial charge in [-0.2, -0.15) is 26.9 Å². The molecule has 1 heterocycles. The maximum absolute atomic E-state index is 13.0. The molecule has 1 aliphatic rings. The van der Waals surface area contributed by atoms with Crippen LogP contribution < -0.4 is 14.8 Å². The molecule has 42 heavy (non-hydrogen) atoms. The molecule has 2 unspecified atom stereocenters. The van der Waals surface area contributed by atoms with Gasteiger partial charge in [0.25, 0.3) is 5.88 Å². The number of pyridine rings is 1. The van der Waals surface area contributed by atoms with Crippen LogP contribution in [0, 0.1) is 11.3 Å². The fraction of sp³-hybridized carbons (Fsp3) is 0.167. The molecule has 0 saturated heterocycles. The largest absolute Gasteiger partial charge is 0.416 e. The molecule has 1 saturated carbocycles. The number of carbonyl (C=O) groups is 1. The minimum absolute atomic E-state index is 0.00119. The number of halogens is 3. The molecule has 1 fully saturated rings. The Morgan fingerprint density at radius 2 is 1.64 bits per heavy atom. The highest BCUT2D eigenvalue weighted by Gasteiger charge is 2.41.